The molecular weight excluding hydrogens is 372 g/mol. The highest BCUT2D eigenvalue weighted by Crippen LogP contribution is 2.29. The summed E-state index contributed by atoms with van der Waals surface area (Å²) in [6.07, 6.45) is 2.24. The van der Waals surface area contributed by atoms with Gasteiger partial charge in [-0.05, 0) is 63.3 Å². The molecule has 2 N–H and O–H groups in total. The van der Waals surface area contributed by atoms with Crippen molar-refractivity contribution < 1.29 is 19.5 Å². The van der Waals surface area contributed by atoms with Gasteiger partial charge in [0, 0.05) is 31.9 Å². The average molecular weight is 402 g/mol. The van der Waals surface area contributed by atoms with Crippen molar-refractivity contribution in [3.8, 4) is 0 Å². The second-order valence-electron chi connectivity index (χ2n) is 9.18. The summed E-state index contributed by atoms with van der Waals surface area (Å²) in [5.74, 6) is 0. The van der Waals surface area contributed by atoms with Gasteiger partial charge in [-0.25, -0.2) is 14.7 Å². The number of nitrogens with zero attached hydrogens (tertiary/aromatic N) is 3. The van der Waals surface area contributed by atoms with Gasteiger partial charge in [0.2, 0.25) is 0 Å². The van der Waals surface area contributed by atoms with Crippen molar-refractivity contribution in [3.05, 3.63) is 29.3 Å². The minimum absolute atomic E-state index is 0.0598. The first-order valence-corrected chi connectivity index (χ1v) is 10.3. The molecule has 0 saturated carbocycles. The minimum atomic E-state index is -0.492. The van der Waals surface area contributed by atoms with Crippen molar-refractivity contribution in [3.63, 3.8) is 0 Å². The van der Waals surface area contributed by atoms with Gasteiger partial charge in [-0.15, -0.1) is 0 Å². The molecule has 2 fully saturated rings. The zero-order chi connectivity index (χ0) is 20.8. The fraction of sp³-hybridized carbons (Fsp3) is 0.619. The molecule has 8 heteroatoms. The molecule has 0 aliphatic carbocycles. The summed E-state index contributed by atoms with van der Waals surface area (Å²) in [5.41, 5.74) is 2.90. The SMILES string of the molecule is CC(C)(C)OC(=O)N1CCc2cc(NC[C@@H]3CC[C@@H]4CN3C(=O)N4O)ccc2C1. The number of carbonyl (C=O) groups is 2. The van der Waals surface area contributed by atoms with Crippen LogP contribution in [0, 0.1) is 0 Å². The first kappa shape index (κ1) is 19.8. The van der Waals surface area contributed by atoms with E-state index in [4.69, 9.17) is 4.74 Å². The summed E-state index contributed by atoms with van der Waals surface area (Å²) in [7, 11) is 0. The summed E-state index contributed by atoms with van der Waals surface area (Å²) >= 11 is 0. The van der Waals surface area contributed by atoms with Crippen molar-refractivity contribution in [1.29, 1.82) is 0 Å². The van der Waals surface area contributed by atoms with E-state index < -0.39 is 5.60 Å². The first-order valence-electron chi connectivity index (χ1n) is 10.3. The lowest BCUT2D eigenvalue weighted by Crippen LogP contribution is -2.44. The van der Waals surface area contributed by atoms with Crippen molar-refractivity contribution >= 4 is 17.8 Å². The normalized spacial score (nSPS) is 23.9. The molecule has 1 aromatic rings. The van der Waals surface area contributed by atoms with Crippen LogP contribution < -0.4 is 5.32 Å². The Morgan fingerprint density at radius 3 is 2.83 bits per heavy atom. The number of nitrogens with one attached hydrogen (secondary N) is 1. The summed E-state index contributed by atoms with van der Waals surface area (Å²) in [5, 5.41) is 14.1. The summed E-state index contributed by atoms with van der Waals surface area (Å²) in [6.45, 7) is 8.09. The highest BCUT2D eigenvalue weighted by Gasteiger charge is 2.44. The number of fused-ring (bicyclic) bond motifs is 3. The third-order valence-electron chi connectivity index (χ3n) is 5.88. The number of amides is 3. The maximum atomic E-state index is 12.3. The molecule has 3 amide bonds. The van der Waals surface area contributed by atoms with Gasteiger partial charge in [0.1, 0.15) is 5.60 Å². The van der Waals surface area contributed by atoms with Crippen molar-refractivity contribution in [2.75, 3.05) is 25.0 Å². The number of urea groups is 1. The summed E-state index contributed by atoms with van der Waals surface area (Å²) < 4.78 is 5.48. The molecule has 2 atom stereocenters. The highest BCUT2D eigenvalue weighted by molar-refractivity contribution is 5.76. The van der Waals surface area contributed by atoms with Crippen LogP contribution in [0.4, 0.5) is 15.3 Å². The number of carbonyl (C=O) groups excluding carboxylic acids is 2. The van der Waals surface area contributed by atoms with Crippen LogP contribution in [0.15, 0.2) is 18.2 Å². The van der Waals surface area contributed by atoms with Crippen LogP contribution in [0.5, 0.6) is 0 Å². The van der Waals surface area contributed by atoms with Crippen LogP contribution in [-0.2, 0) is 17.7 Å². The maximum Gasteiger partial charge on any atom is 0.410 e. The number of hydrogen-bond donors (Lipinski definition) is 2. The smallest absolute Gasteiger partial charge is 0.410 e. The van der Waals surface area contributed by atoms with Crippen molar-refractivity contribution in [2.45, 2.75) is 64.3 Å². The Balaban J connectivity index is 1.35. The Morgan fingerprint density at radius 2 is 2.07 bits per heavy atom. The fourth-order valence-electron chi connectivity index (χ4n) is 4.32. The number of hydroxylamine groups is 2. The number of hydrogen-bond acceptors (Lipinski definition) is 5. The molecule has 3 aliphatic rings. The molecule has 0 radical (unpaired) electrons. The van der Waals surface area contributed by atoms with Gasteiger partial charge >= 0.3 is 12.1 Å². The second kappa shape index (κ2) is 7.40. The molecule has 2 saturated heterocycles. The predicted octanol–water partition coefficient (Wildman–Crippen LogP) is 3.05. The van der Waals surface area contributed by atoms with Gasteiger partial charge in [-0.2, -0.15) is 0 Å². The van der Waals surface area contributed by atoms with Gasteiger partial charge in [0.15, 0.2) is 0 Å². The van der Waals surface area contributed by atoms with Crippen LogP contribution >= 0.6 is 0 Å². The number of benzene rings is 1. The van der Waals surface area contributed by atoms with E-state index in [9.17, 15) is 14.8 Å². The van der Waals surface area contributed by atoms with Crippen LogP contribution in [0.2, 0.25) is 0 Å². The van der Waals surface area contributed by atoms with E-state index in [1.54, 1.807) is 9.80 Å². The van der Waals surface area contributed by atoms with Gasteiger partial charge in [-0.1, -0.05) is 6.07 Å². The van der Waals surface area contributed by atoms with Gasteiger partial charge in [0.05, 0.1) is 12.1 Å². The Bertz CT molecular complexity index is 806. The molecule has 8 nitrogen and oxygen atoms in total. The van der Waals surface area contributed by atoms with Crippen molar-refractivity contribution in [2.24, 2.45) is 0 Å². The Morgan fingerprint density at radius 1 is 1.28 bits per heavy atom. The zero-order valence-electron chi connectivity index (χ0n) is 17.4. The molecule has 1 aromatic carbocycles. The Labute approximate surface area is 171 Å². The van der Waals surface area contributed by atoms with E-state index in [2.05, 4.69) is 17.4 Å². The topological polar surface area (TPSA) is 85.4 Å². The van der Waals surface area contributed by atoms with Crippen LogP contribution in [-0.4, -0.2) is 69.5 Å². The lowest BCUT2D eigenvalue weighted by Gasteiger charge is -2.32. The lowest BCUT2D eigenvalue weighted by molar-refractivity contribution is -0.0583. The summed E-state index contributed by atoms with van der Waals surface area (Å²) in [4.78, 5) is 27.9. The van der Waals surface area contributed by atoms with Gasteiger partial charge < -0.3 is 19.9 Å². The molecule has 3 aliphatic heterocycles. The monoisotopic (exact) mass is 402 g/mol. The quantitative estimate of drug-likeness (QED) is 0.759. The molecule has 29 heavy (non-hydrogen) atoms. The molecule has 0 spiro atoms. The van der Waals surface area contributed by atoms with Crippen LogP contribution in [0.25, 0.3) is 0 Å². The van der Waals surface area contributed by atoms with Crippen LogP contribution in [0.3, 0.4) is 0 Å². The standard InChI is InChI=1S/C21H30N4O4/c1-21(2,3)29-20(27)23-9-8-14-10-16(5-4-15(14)12-23)22-11-17-6-7-18-13-24(17)19(26)25(18)28/h4-5,10,17-18,22,28H,6-9,11-13H2,1-3H3/t17-,18+/m0/s1. The first-order chi connectivity index (χ1) is 13.7. The Hall–Kier alpha value is -2.48. The molecule has 0 unspecified atom stereocenters. The van der Waals surface area contributed by atoms with E-state index >= 15 is 0 Å². The third kappa shape index (κ3) is 4.12. The van der Waals surface area contributed by atoms with E-state index in [0.29, 0.717) is 26.2 Å². The number of rotatable bonds is 3. The summed E-state index contributed by atoms with van der Waals surface area (Å²) in [6, 6.07) is 5.96. The number of piperidine rings is 1. The van der Waals surface area contributed by atoms with E-state index in [1.165, 1.54) is 5.56 Å². The predicted molar refractivity (Wildman–Crippen MR) is 108 cm³/mol. The maximum absolute atomic E-state index is 12.3. The highest BCUT2D eigenvalue weighted by atomic mass is 16.6. The van der Waals surface area contributed by atoms with Gasteiger partial charge in [-0.3, -0.25) is 5.21 Å². The molecule has 4 rings (SSSR count). The lowest BCUT2D eigenvalue weighted by atomic mass is 9.98. The molecule has 2 bridgehead atoms. The molecule has 3 heterocycles. The largest absolute Gasteiger partial charge is 0.444 e. The minimum Gasteiger partial charge on any atom is -0.444 e. The second-order valence-corrected chi connectivity index (χ2v) is 9.18. The fourth-order valence-corrected chi connectivity index (χ4v) is 4.32. The average Bonchev–Trinajstić information content (AvgIpc) is 2.90. The Kier molecular flexibility index (Phi) is 5.06. The number of ether oxygens (including phenoxy) is 1. The van der Waals surface area contributed by atoms with E-state index in [0.717, 1.165) is 35.6 Å². The van der Waals surface area contributed by atoms with Crippen molar-refractivity contribution in [1.82, 2.24) is 14.9 Å². The molecular formula is C21H30N4O4. The number of anilines is 1. The zero-order valence-corrected chi connectivity index (χ0v) is 17.4. The third-order valence-corrected chi connectivity index (χ3v) is 5.88. The molecule has 0 aromatic heterocycles. The molecule has 158 valence electrons. The van der Waals surface area contributed by atoms with Gasteiger partial charge in [0.25, 0.3) is 0 Å². The van der Waals surface area contributed by atoms with Crippen LogP contribution in [0.1, 0.15) is 44.7 Å². The van der Waals surface area contributed by atoms with E-state index in [-0.39, 0.29) is 24.2 Å². The van der Waals surface area contributed by atoms with E-state index in [1.807, 2.05) is 26.8 Å².